The molecule has 2 nitrogen and oxygen atoms in total. The second-order valence-electron chi connectivity index (χ2n) is 5.67. The third-order valence-corrected chi connectivity index (χ3v) is 4.47. The fourth-order valence-electron chi connectivity index (χ4n) is 3.37. The summed E-state index contributed by atoms with van der Waals surface area (Å²) in [5, 5.41) is 7.16. The molecular weight excluding hydrogens is 270 g/mol. The van der Waals surface area contributed by atoms with E-state index in [1.165, 1.54) is 26.9 Å². The zero-order valence-corrected chi connectivity index (χ0v) is 11.7. The number of hydrogen-bond donors (Lipinski definition) is 0. The van der Waals surface area contributed by atoms with Crippen LogP contribution in [0.3, 0.4) is 0 Å². The largest absolute Gasteiger partial charge is 0.277 e. The Labute approximate surface area is 126 Å². The van der Waals surface area contributed by atoms with Crippen LogP contribution in [0.2, 0.25) is 0 Å². The molecule has 1 aliphatic rings. The summed E-state index contributed by atoms with van der Waals surface area (Å²) >= 11 is 0. The van der Waals surface area contributed by atoms with E-state index in [1.807, 2.05) is 12.1 Å². The number of carbonyl (C=O) groups is 1. The molecule has 0 atom stereocenters. The standard InChI is InChI=1S/C20H11NO/c22-20-17-8-7-15-16(19(17)11-21-20)6-5-14-9-12-3-1-2-4-13(12)10-18(14)15/h1-11H. The van der Waals surface area contributed by atoms with E-state index < -0.39 is 0 Å². The van der Waals surface area contributed by atoms with Gasteiger partial charge in [0.15, 0.2) is 0 Å². The molecule has 0 saturated carbocycles. The minimum Gasteiger partial charge on any atom is -0.267 e. The maximum atomic E-state index is 11.7. The topological polar surface area (TPSA) is 29.4 Å². The molecule has 4 aromatic rings. The zero-order valence-electron chi connectivity index (χ0n) is 11.7. The Bertz CT molecular complexity index is 1140. The van der Waals surface area contributed by atoms with Crippen LogP contribution < -0.4 is 0 Å². The molecule has 0 aromatic heterocycles. The molecule has 0 N–H and O–H groups in total. The van der Waals surface area contributed by atoms with Gasteiger partial charge < -0.3 is 0 Å². The molecule has 1 amide bonds. The van der Waals surface area contributed by atoms with Crippen molar-refractivity contribution < 1.29 is 4.79 Å². The highest BCUT2D eigenvalue weighted by atomic mass is 16.1. The van der Waals surface area contributed by atoms with E-state index in [9.17, 15) is 4.79 Å². The number of fused-ring (bicyclic) bond motifs is 6. The van der Waals surface area contributed by atoms with Crippen molar-refractivity contribution in [2.75, 3.05) is 0 Å². The number of rotatable bonds is 0. The summed E-state index contributed by atoms with van der Waals surface area (Å²) in [4.78, 5) is 15.7. The average molecular weight is 281 g/mol. The molecular formula is C20H11NO. The second-order valence-corrected chi connectivity index (χ2v) is 5.67. The van der Waals surface area contributed by atoms with Crippen LogP contribution in [0.15, 0.2) is 65.7 Å². The SMILES string of the molecule is O=C1N=Cc2c1ccc1c2ccc2cc3ccccc3cc21. The van der Waals surface area contributed by atoms with Crippen LogP contribution in [-0.4, -0.2) is 12.1 Å². The third-order valence-electron chi connectivity index (χ3n) is 4.47. The van der Waals surface area contributed by atoms with Gasteiger partial charge in [0, 0.05) is 11.8 Å². The minimum atomic E-state index is -0.143. The van der Waals surface area contributed by atoms with Crippen molar-refractivity contribution in [3.63, 3.8) is 0 Å². The first kappa shape index (κ1) is 11.6. The number of benzene rings is 4. The predicted molar refractivity (Wildman–Crippen MR) is 90.9 cm³/mol. The van der Waals surface area contributed by atoms with E-state index >= 15 is 0 Å². The maximum Gasteiger partial charge on any atom is 0.277 e. The van der Waals surface area contributed by atoms with Crippen LogP contribution in [0.5, 0.6) is 0 Å². The minimum absolute atomic E-state index is 0.143. The van der Waals surface area contributed by atoms with Crippen molar-refractivity contribution in [2.24, 2.45) is 4.99 Å². The second kappa shape index (κ2) is 4.01. The van der Waals surface area contributed by atoms with Crippen molar-refractivity contribution in [3.05, 3.63) is 71.8 Å². The zero-order chi connectivity index (χ0) is 14.7. The lowest BCUT2D eigenvalue weighted by Crippen LogP contribution is -1.92. The van der Waals surface area contributed by atoms with E-state index in [0.717, 1.165) is 10.9 Å². The lowest BCUT2D eigenvalue weighted by molar-refractivity contribution is 0.101. The van der Waals surface area contributed by atoms with E-state index in [2.05, 4.69) is 53.5 Å². The first-order chi connectivity index (χ1) is 10.8. The van der Waals surface area contributed by atoms with Crippen LogP contribution >= 0.6 is 0 Å². The van der Waals surface area contributed by atoms with Crippen molar-refractivity contribution >= 4 is 44.4 Å². The van der Waals surface area contributed by atoms with Gasteiger partial charge in [0.2, 0.25) is 0 Å². The lowest BCUT2D eigenvalue weighted by Gasteiger charge is -2.08. The Hall–Kier alpha value is -3.00. The lowest BCUT2D eigenvalue weighted by atomic mass is 9.94. The number of carbonyl (C=O) groups excluding carboxylic acids is 1. The third kappa shape index (κ3) is 1.44. The Morgan fingerprint density at radius 1 is 0.682 bits per heavy atom. The summed E-state index contributed by atoms with van der Waals surface area (Å²) in [6.07, 6.45) is 1.69. The molecule has 0 saturated heterocycles. The molecule has 5 rings (SSSR count). The number of hydrogen-bond acceptors (Lipinski definition) is 1. The van der Waals surface area contributed by atoms with E-state index in [4.69, 9.17) is 0 Å². The molecule has 4 aromatic carbocycles. The van der Waals surface area contributed by atoms with Gasteiger partial charge in [-0.25, -0.2) is 4.99 Å². The van der Waals surface area contributed by atoms with E-state index in [1.54, 1.807) is 6.21 Å². The summed E-state index contributed by atoms with van der Waals surface area (Å²) in [5.74, 6) is -0.143. The molecule has 102 valence electrons. The summed E-state index contributed by atoms with van der Waals surface area (Å²) in [5.41, 5.74) is 1.64. The Morgan fingerprint density at radius 3 is 2.32 bits per heavy atom. The molecule has 0 bridgehead atoms. The molecule has 0 aliphatic carbocycles. The monoisotopic (exact) mass is 281 g/mol. The molecule has 1 aliphatic heterocycles. The van der Waals surface area contributed by atoms with E-state index in [-0.39, 0.29) is 5.91 Å². The van der Waals surface area contributed by atoms with Gasteiger partial charge in [-0.1, -0.05) is 42.5 Å². The molecule has 0 radical (unpaired) electrons. The van der Waals surface area contributed by atoms with Crippen molar-refractivity contribution in [2.45, 2.75) is 0 Å². The fraction of sp³-hybridized carbons (Fsp3) is 0. The van der Waals surface area contributed by atoms with Gasteiger partial charge in [-0.2, -0.15) is 0 Å². The van der Waals surface area contributed by atoms with Crippen molar-refractivity contribution in [3.8, 4) is 0 Å². The highest BCUT2D eigenvalue weighted by molar-refractivity contribution is 6.23. The maximum absolute atomic E-state index is 11.7. The number of amides is 1. The fourth-order valence-corrected chi connectivity index (χ4v) is 3.37. The van der Waals surface area contributed by atoms with Gasteiger partial charge in [-0.05, 0) is 50.5 Å². The first-order valence-electron chi connectivity index (χ1n) is 7.28. The Balaban J connectivity index is 1.98. The highest BCUT2D eigenvalue weighted by Gasteiger charge is 2.18. The molecule has 22 heavy (non-hydrogen) atoms. The Kier molecular flexibility index (Phi) is 2.12. The summed E-state index contributed by atoms with van der Waals surface area (Å²) in [6, 6.07) is 21.0. The van der Waals surface area contributed by atoms with Crippen LogP contribution in [0.25, 0.3) is 32.3 Å². The normalized spacial score (nSPS) is 13.4. The van der Waals surface area contributed by atoms with Gasteiger partial charge in [0.25, 0.3) is 5.91 Å². The molecule has 0 unspecified atom stereocenters. The van der Waals surface area contributed by atoms with Gasteiger partial charge >= 0.3 is 0 Å². The van der Waals surface area contributed by atoms with Gasteiger partial charge in [-0.3, -0.25) is 4.79 Å². The van der Waals surface area contributed by atoms with Crippen molar-refractivity contribution in [1.29, 1.82) is 0 Å². The van der Waals surface area contributed by atoms with Crippen LogP contribution in [0.1, 0.15) is 15.9 Å². The first-order valence-corrected chi connectivity index (χ1v) is 7.28. The average Bonchev–Trinajstić information content (AvgIpc) is 2.94. The quantitative estimate of drug-likeness (QED) is 0.339. The molecule has 0 fully saturated rings. The van der Waals surface area contributed by atoms with Crippen LogP contribution in [0.4, 0.5) is 0 Å². The predicted octanol–water partition coefficient (Wildman–Crippen LogP) is 4.72. The van der Waals surface area contributed by atoms with Crippen molar-refractivity contribution in [1.82, 2.24) is 0 Å². The van der Waals surface area contributed by atoms with Crippen LogP contribution in [0, 0.1) is 0 Å². The summed E-state index contributed by atoms with van der Waals surface area (Å²) < 4.78 is 0. The van der Waals surface area contributed by atoms with Gasteiger partial charge in [-0.15, -0.1) is 0 Å². The molecule has 0 spiro atoms. The molecule has 1 heterocycles. The van der Waals surface area contributed by atoms with Crippen LogP contribution in [-0.2, 0) is 0 Å². The van der Waals surface area contributed by atoms with Gasteiger partial charge in [0.05, 0.1) is 5.56 Å². The summed E-state index contributed by atoms with van der Waals surface area (Å²) in [6.45, 7) is 0. The molecule has 2 heteroatoms. The smallest absolute Gasteiger partial charge is 0.267 e. The van der Waals surface area contributed by atoms with Gasteiger partial charge in [0.1, 0.15) is 0 Å². The number of aliphatic imine (C=N–C) groups is 1. The number of nitrogens with zero attached hydrogens (tertiary/aromatic N) is 1. The Morgan fingerprint density at radius 2 is 1.45 bits per heavy atom. The highest BCUT2D eigenvalue weighted by Crippen LogP contribution is 2.33. The van der Waals surface area contributed by atoms with E-state index in [0.29, 0.717) is 5.56 Å². The summed E-state index contributed by atoms with van der Waals surface area (Å²) in [7, 11) is 0.